The molecule has 2 heterocycles. The van der Waals surface area contributed by atoms with Gasteiger partial charge in [-0.25, -0.2) is 4.79 Å². The maximum atomic E-state index is 11.5. The van der Waals surface area contributed by atoms with E-state index < -0.39 is 17.5 Å². The Hall–Kier alpha value is -1.44. The van der Waals surface area contributed by atoms with Crippen molar-refractivity contribution in [1.82, 2.24) is 9.55 Å². The molecule has 1 aromatic rings. The van der Waals surface area contributed by atoms with Crippen LogP contribution in [0.5, 0.6) is 0 Å². The number of aryl methyl sites for hydroxylation is 1. The lowest BCUT2D eigenvalue weighted by Gasteiger charge is -2.12. The average molecular weight is 242 g/mol. The summed E-state index contributed by atoms with van der Waals surface area (Å²) in [6, 6.07) is 0. The number of aromatic nitrogens is 2. The minimum absolute atomic E-state index is 0.115. The van der Waals surface area contributed by atoms with Crippen LogP contribution in [0.1, 0.15) is 5.56 Å². The maximum Gasteiger partial charge on any atom is 0.328 e. The van der Waals surface area contributed by atoms with Crippen molar-refractivity contribution in [2.45, 2.75) is 25.9 Å². The van der Waals surface area contributed by atoms with Gasteiger partial charge in [-0.3, -0.25) is 14.3 Å². The van der Waals surface area contributed by atoms with Crippen LogP contribution in [0.25, 0.3) is 0 Å². The first-order valence-electron chi connectivity index (χ1n) is 5.28. The zero-order valence-corrected chi connectivity index (χ0v) is 9.38. The first kappa shape index (κ1) is 12.0. The van der Waals surface area contributed by atoms with Gasteiger partial charge in [0.05, 0.1) is 19.8 Å². The summed E-state index contributed by atoms with van der Waals surface area (Å²) >= 11 is 0. The normalized spacial score (nSPS) is 24.1. The van der Waals surface area contributed by atoms with Crippen molar-refractivity contribution in [3.8, 4) is 0 Å². The maximum absolute atomic E-state index is 11.5. The van der Waals surface area contributed by atoms with Crippen LogP contribution in [-0.4, -0.2) is 40.3 Å². The van der Waals surface area contributed by atoms with Crippen molar-refractivity contribution in [1.29, 1.82) is 0 Å². The number of aliphatic hydroxyl groups is 1. The van der Waals surface area contributed by atoms with Crippen molar-refractivity contribution in [3.05, 3.63) is 32.6 Å². The van der Waals surface area contributed by atoms with Gasteiger partial charge < -0.3 is 14.6 Å². The summed E-state index contributed by atoms with van der Waals surface area (Å²) in [5.41, 5.74) is -0.450. The molecule has 2 atom stereocenters. The number of aliphatic hydroxyl groups excluding tert-OH is 1. The minimum atomic E-state index is -0.574. The number of ether oxygens (including phenoxy) is 2. The molecule has 1 aliphatic rings. The van der Waals surface area contributed by atoms with E-state index in [0.717, 1.165) is 0 Å². The molecule has 0 unspecified atom stereocenters. The van der Waals surface area contributed by atoms with E-state index in [-0.39, 0.29) is 19.3 Å². The molecule has 0 bridgehead atoms. The number of nitrogens with one attached hydrogen (secondary N) is 1. The highest BCUT2D eigenvalue weighted by atomic mass is 16.7. The standard InChI is InChI=1S/C10H14N2O5/c1-6-2-12(10(15)11-9(6)14)3-8-16-5-7(4-13)17-8/h2,7-8,13H,3-5H2,1H3,(H,11,14,15)/t7-,8+/m0/s1. The zero-order valence-electron chi connectivity index (χ0n) is 9.38. The van der Waals surface area contributed by atoms with Crippen LogP contribution in [-0.2, 0) is 16.0 Å². The molecule has 1 aromatic heterocycles. The molecule has 1 aliphatic heterocycles. The van der Waals surface area contributed by atoms with Crippen LogP contribution in [0.2, 0.25) is 0 Å². The lowest BCUT2D eigenvalue weighted by Crippen LogP contribution is -2.34. The lowest BCUT2D eigenvalue weighted by molar-refractivity contribution is -0.0748. The van der Waals surface area contributed by atoms with Gasteiger partial charge in [0.15, 0.2) is 6.29 Å². The van der Waals surface area contributed by atoms with E-state index in [1.54, 1.807) is 6.92 Å². The molecule has 17 heavy (non-hydrogen) atoms. The highest BCUT2D eigenvalue weighted by Gasteiger charge is 2.25. The van der Waals surface area contributed by atoms with Crippen molar-refractivity contribution in [3.63, 3.8) is 0 Å². The van der Waals surface area contributed by atoms with Gasteiger partial charge in [0.1, 0.15) is 6.10 Å². The van der Waals surface area contributed by atoms with Gasteiger partial charge >= 0.3 is 5.69 Å². The van der Waals surface area contributed by atoms with Gasteiger partial charge in [0.2, 0.25) is 0 Å². The molecule has 0 spiro atoms. The number of aromatic amines is 1. The molecule has 94 valence electrons. The quantitative estimate of drug-likeness (QED) is 0.678. The summed E-state index contributed by atoms with van der Waals surface area (Å²) in [4.78, 5) is 24.8. The third kappa shape index (κ3) is 2.63. The Morgan fingerprint density at radius 3 is 3.00 bits per heavy atom. The van der Waals surface area contributed by atoms with Crippen molar-refractivity contribution >= 4 is 0 Å². The van der Waals surface area contributed by atoms with Gasteiger partial charge in [-0.05, 0) is 6.92 Å². The summed E-state index contributed by atoms with van der Waals surface area (Å²) in [7, 11) is 0. The second-order valence-electron chi connectivity index (χ2n) is 3.93. The zero-order chi connectivity index (χ0) is 12.4. The van der Waals surface area contributed by atoms with Crippen molar-refractivity contribution in [2.24, 2.45) is 0 Å². The molecule has 2 N–H and O–H groups in total. The molecule has 1 fully saturated rings. The number of hydrogen-bond acceptors (Lipinski definition) is 5. The van der Waals surface area contributed by atoms with E-state index in [9.17, 15) is 9.59 Å². The van der Waals surface area contributed by atoms with E-state index in [0.29, 0.717) is 12.2 Å². The number of hydrogen-bond donors (Lipinski definition) is 2. The van der Waals surface area contributed by atoms with Gasteiger partial charge in [0.25, 0.3) is 5.56 Å². The van der Waals surface area contributed by atoms with E-state index in [1.807, 2.05) is 0 Å². The SMILES string of the molecule is Cc1cn(C[C@@H]2OC[C@H](CO)O2)c(=O)[nH]c1=O. The van der Waals surface area contributed by atoms with Gasteiger partial charge in [-0.1, -0.05) is 0 Å². The molecule has 0 aromatic carbocycles. The van der Waals surface area contributed by atoms with Crippen molar-refractivity contribution in [2.75, 3.05) is 13.2 Å². The number of rotatable bonds is 3. The largest absolute Gasteiger partial charge is 0.394 e. The predicted octanol–water partition coefficient (Wildman–Crippen LogP) is -1.42. The molecular formula is C10H14N2O5. The summed E-state index contributed by atoms with van der Waals surface area (Å²) in [5, 5.41) is 8.86. The van der Waals surface area contributed by atoms with Crippen LogP contribution >= 0.6 is 0 Å². The van der Waals surface area contributed by atoms with E-state index >= 15 is 0 Å². The van der Waals surface area contributed by atoms with E-state index in [2.05, 4.69) is 4.98 Å². The molecule has 0 amide bonds. The fourth-order valence-electron chi connectivity index (χ4n) is 1.61. The fraction of sp³-hybridized carbons (Fsp3) is 0.600. The fourth-order valence-corrected chi connectivity index (χ4v) is 1.61. The first-order chi connectivity index (χ1) is 8.10. The summed E-state index contributed by atoms with van der Waals surface area (Å²) in [5.74, 6) is 0. The Morgan fingerprint density at radius 2 is 2.35 bits per heavy atom. The van der Waals surface area contributed by atoms with Crippen LogP contribution in [0.15, 0.2) is 15.8 Å². The van der Waals surface area contributed by atoms with Gasteiger partial charge in [-0.2, -0.15) is 0 Å². The molecule has 2 rings (SSSR count). The Morgan fingerprint density at radius 1 is 1.59 bits per heavy atom. The number of H-pyrrole nitrogens is 1. The Labute approximate surface area is 96.6 Å². The third-order valence-corrected chi connectivity index (χ3v) is 2.55. The molecule has 7 heteroatoms. The minimum Gasteiger partial charge on any atom is -0.394 e. The highest BCUT2D eigenvalue weighted by molar-refractivity contribution is 5.00. The molecule has 0 aliphatic carbocycles. The predicted molar refractivity (Wildman–Crippen MR) is 57.8 cm³/mol. The summed E-state index contributed by atoms with van der Waals surface area (Å²) in [6.07, 6.45) is 0.537. The number of nitrogens with zero attached hydrogens (tertiary/aromatic N) is 1. The van der Waals surface area contributed by atoms with E-state index in [4.69, 9.17) is 14.6 Å². The van der Waals surface area contributed by atoms with Gasteiger partial charge in [0, 0.05) is 11.8 Å². The van der Waals surface area contributed by atoms with Crippen LogP contribution < -0.4 is 11.2 Å². The van der Waals surface area contributed by atoms with Crippen LogP contribution in [0, 0.1) is 6.92 Å². The smallest absolute Gasteiger partial charge is 0.328 e. The van der Waals surface area contributed by atoms with Crippen LogP contribution in [0.3, 0.4) is 0 Å². The van der Waals surface area contributed by atoms with E-state index in [1.165, 1.54) is 10.8 Å². The monoisotopic (exact) mass is 242 g/mol. The third-order valence-electron chi connectivity index (χ3n) is 2.55. The Kier molecular flexibility index (Phi) is 3.41. The van der Waals surface area contributed by atoms with Crippen LogP contribution in [0.4, 0.5) is 0 Å². The molecule has 1 saturated heterocycles. The summed E-state index contributed by atoms with van der Waals surface area (Å²) < 4.78 is 11.9. The second kappa shape index (κ2) is 4.82. The Balaban J connectivity index is 2.12. The average Bonchev–Trinajstić information content (AvgIpc) is 2.73. The molecule has 0 radical (unpaired) electrons. The lowest BCUT2D eigenvalue weighted by atomic mass is 10.4. The highest BCUT2D eigenvalue weighted by Crippen LogP contribution is 2.12. The molecular weight excluding hydrogens is 228 g/mol. The van der Waals surface area contributed by atoms with Crippen molar-refractivity contribution < 1.29 is 14.6 Å². The topological polar surface area (TPSA) is 93.6 Å². The second-order valence-corrected chi connectivity index (χ2v) is 3.93. The summed E-state index contributed by atoms with van der Waals surface area (Å²) in [6.45, 7) is 1.99. The Bertz CT molecular complexity index is 506. The first-order valence-corrected chi connectivity index (χ1v) is 5.28. The molecule has 0 saturated carbocycles. The molecule has 7 nitrogen and oxygen atoms in total. The van der Waals surface area contributed by atoms with Gasteiger partial charge in [-0.15, -0.1) is 0 Å².